The van der Waals surface area contributed by atoms with Crippen molar-refractivity contribution in [2.75, 3.05) is 0 Å². The van der Waals surface area contributed by atoms with Crippen molar-refractivity contribution in [3.63, 3.8) is 0 Å². The lowest BCUT2D eigenvalue weighted by Gasteiger charge is -2.55. The minimum absolute atomic E-state index is 0.190. The predicted molar refractivity (Wildman–Crippen MR) is 126 cm³/mol. The molecule has 1 aromatic heterocycles. The molecule has 3 aliphatic carbocycles. The Morgan fingerprint density at radius 2 is 1.88 bits per heavy atom. The van der Waals surface area contributed by atoms with Gasteiger partial charge in [-0.05, 0) is 47.3 Å². The average molecular weight is 427 g/mol. The van der Waals surface area contributed by atoms with Crippen LogP contribution in [0.3, 0.4) is 0 Å². The number of amides is 1. The zero-order valence-electron chi connectivity index (χ0n) is 18.3. The average Bonchev–Trinajstić information content (AvgIpc) is 2.81. The summed E-state index contributed by atoms with van der Waals surface area (Å²) in [5.41, 5.74) is 5.01. The van der Waals surface area contributed by atoms with Crippen LogP contribution in [0.1, 0.15) is 42.7 Å². The second-order valence-electron chi connectivity index (χ2n) is 9.29. The van der Waals surface area contributed by atoms with Crippen LogP contribution in [0.25, 0.3) is 10.8 Å². The van der Waals surface area contributed by atoms with Gasteiger partial charge in [0.15, 0.2) is 5.69 Å². The van der Waals surface area contributed by atoms with Gasteiger partial charge in [0.1, 0.15) is 0 Å². The van der Waals surface area contributed by atoms with Gasteiger partial charge in [-0.15, -0.1) is 0 Å². The lowest BCUT2D eigenvalue weighted by molar-refractivity contribution is -0.00126. The zero-order valence-corrected chi connectivity index (χ0v) is 18.3. The molecule has 0 radical (unpaired) electrons. The van der Waals surface area contributed by atoms with E-state index in [1.165, 1.54) is 16.7 Å². The molecule has 1 saturated carbocycles. The second-order valence-corrected chi connectivity index (χ2v) is 9.29. The molecule has 6 nitrogen and oxygen atoms in total. The third kappa shape index (κ3) is 3.45. The maximum absolute atomic E-state index is 13.0. The fraction of sp³-hybridized carbons (Fsp3) is 0.308. The molecule has 0 spiro atoms. The van der Waals surface area contributed by atoms with Crippen molar-refractivity contribution in [1.82, 2.24) is 15.2 Å². The van der Waals surface area contributed by atoms with Gasteiger partial charge in [0, 0.05) is 5.39 Å². The number of hydrogen-bond acceptors (Lipinski definition) is 4. The first-order valence-corrected chi connectivity index (χ1v) is 11.0. The van der Waals surface area contributed by atoms with Gasteiger partial charge in [0.25, 0.3) is 11.5 Å². The lowest BCUT2D eigenvalue weighted by Crippen LogP contribution is -2.48. The maximum Gasteiger partial charge on any atom is 0.292 e. The first kappa shape index (κ1) is 20.4. The van der Waals surface area contributed by atoms with Crippen molar-refractivity contribution in [3.8, 4) is 0 Å². The Morgan fingerprint density at radius 1 is 1.16 bits per heavy atom. The Kier molecular flexibility index (Phi) is 5.00. The van der Waals surface area contributed by atoms with E-state index < -0.39 is 5.91 Å². The summed E-state index contributed by atoms with van der Waals surface area (Å²) in [5, 5.41) is 9.63. The van der Waals surface area contributed by atoms with Crippen molar-refractivity contribution in [2.45, 2.75) is 33.2 Å². The Morgan fingerprint density at radius 3 is 2.59 bits per heavy atom. The van der Waals surface area contributed by atoms with E-state index in [4.69, 9.17) is 0 Å². The molecule has 1 heterocycles. The molecular weight excluding hydrogens is 400 g/mol. The van der Waals surface area contributed by atoms with Crippen LogP contribution < -0.4 is 11.0 Å². The van der Waals surface area contributed by atoms with Crippen molar-refractivity contribution >= 4 is 22.9 Å². The van der Waals surface area contributed by atoms with E-state index in [0.29, 0.717) is 28.7 Å². The number of nitrogens with one attached hydrogen (secondary N) is 1. The van der Waals surface area contributed by atoms with Gasteiger partial charge < -0.3 is 0 Å². The highest BCUT2D eigenvalue weighted by atomic mass is 16.2. The predicted octanol–water partition coefficient (Wildman–Crippen LogP) is 4.15. The van der Waals surface area contributed by atoms with Crippen molar-refractivity contribution in [1.29, 1.82) is 0 Å². The third-order valence-corrected chi connectivity index (χ3v) is 7.15. The Balaban J connectivity index is 1.43. The smallest absolute Gasteiger partial charge is 0.267 e. The van der Waals surface area contributed by atoms with Crippen LogP contribution in [-0.4, -0.2) is 21.9 Å². The summed E-state index contributed by atoms with van der Waals surface area (Å²) in [6.07, 6.45) is 6.25. The summed E-state index contributed by atoms with van der Waals surface area (Å²) >= 11 is 0. The molecule has 3 aromatic rings. The summed E-state index contributed by atoms with van der Waals surface area (Å²) in [5.74, 6) is 0.815. The number of carbonyl (C=O) groups is 1. The van der Waals surface area contributed by atoms with Gasteiger partial charge in [-0.25, -0.2) is 10.1 Å². The van der Waals surface area contributed by atoms with Gasteiger partial charge in [0.2, 0.25) is 0 Å². The SMILES string of the molecule is CC1(C)C2CC=C(/C=N/NC(=O)c3nn(Cc4ccccc4)c(=O)c4ccccc34)C1C2. The lowest BCUT2D eigenvalue weighted by atomic mass is 9.49. The Bertz CT molecular complexity index is 1300. The molecular formula is C26H26N4O2. The monoisotopic (exact) mass is 426 g/mol. The van der Waals surface area contributed by atoms with Gasteiger partial charge in [-0.3, -0.25) is 9.59 Å². The van der Waals surface area contributed by atoms with Crippen LogP contribution in [0.2, 0.25) is 0 Å². The topological polar surface area (TPSA) is 76.3 Å². The molecule has 1 N–H and O–H groups in total. The highest BCUT2D eigenvalue weighted by Gasteiger charge is 2.50. The fourth-order valence-electron chi connectivity index (χ4n) is 5.03. The second kappa shape index (κ2) is 7.86. The Hall–Kier alpha value is -3.54. The molecule has 3 aliphatic rings. The molecule has 1 fully saturated rings. The standard InChI is InChI=1S/C26H26N4O2/c1-26(2)19-13-12-18(22(26)14-19)15-27-28-24(31)23-20-10-6-7-11-21(20)25(32)30(29-23)16-17-8-4-3-5-9-17/h3-12,15,19,22H,13-14,16H2,1-2H3,(H,28,31)/b27-15+. The molecule has 32 heavy (non-hydrogen) atoms. The number of carbonyl (C=O) groups excluding carboxylic acids is 1. The van der Waals surface area contributed by atoms with E-state index in [9.17, 15) is 9.59 Å². The van der Waals surface area contributed by atoms with Crippen molar-refractivity contribution in [2.24, 2.45) is 22.4 Å². The summed E-state index contributed by atoms with van der Waals surface area (Å²) in [7, 11) is 0. The van der Waals surface area contributed by atoms with Crippen LogP contribution in [0.4, 0.5) is 0 Å². The normalized spacial score (nSPS) is 21.2. The minimum Gasteiger partial charge on any atom is -0.267 e. The van der Waals surface area contributed by atoms with Gasteiger partial charge >= 0.3 is 0 Å². The van der Waals surface area contributed by atoms with Crippen LogP contribution in [0.15, 0.2) is 76.1 Å². The number of hydrogen-bond donors (Lipinski definition) is 1. The molecule has 162 valence electrons. The van der Waals surface area contributed by atoms with Gasteiger partial charge in [-0.2, -0.15) is 10.2 Å². The quantitative estimate of drug-likeness (QED) is 0.492. The highest BCUT2D eigenvalue weighted by molar-refractivity contribution is 6.05. The van der Waals surface area contributed by atoms with Crippen LogP contribution in [0.5, 0.6) is 0 Å². The molecule has 2 unspecified atom stereocenters. The van der Waals surface area contributed by atoms with E-state index in [1.807, 2.05) is 30.3 Å². The number of rotatable bonds is 5. The first-order chi connectivity index (χ1) is 15.4. The summed E-state index contributed by atoms with van der Waals surface area (Å²) in [4.78, 5) is 26.0. The summed E-state index contributed by atoms with van der Waals surface area (Å²) < 4.78 is 1.34. The Labute approximate surface area is 186 Å². The third-order valence-electron chi connectivity index (χ3n) is 7.15. The molecule has 2 bridgehead atoms. The van der Waals surface area contributed by atoms with Crippen LogP contribution in [-0.2, 0) is 6.54 Å². The van der Waals surface area contributed by atoms with Crippen LogP contribution >= 0.6 is 0 Å². The van der Waals surface area contributed by atoms with Crippen molar-refractivity contribution in [3.05, 3.63) is 87.9 Å². The number of fused-ring (bicyclic) bond motifs is 2. The van der Waals surface area contributed by atoms with E-state index in [-0.39, 0.29) is 11.3 Å². The highest BCUT2D eigenvalue weighted by Crippen LogP contribution is 2.58. The van der Waals surface area contributed by atoms with Crippen LogP contribution in [0, 0.1) is 17.3 Å². The molecule has 0 aliphatic heterocycles. The van der Waals surface area contributed by atoms with Crippen molar-refractivity contribution < 1.29 is 4.79 Å². The minimum atomic E-state index is -0.429. The fourth-order valence-corrected chi connectivity index (χ4v) is 5.03. The number of benzene rings is 2. The maximum atomic E-state index is 13.0. The molecule has 2 atom stereocenters. The molecule has 2 aromatic carbocycles. The largest absolute Gasteiger partial charge is 0.292 e. The molecule has 1 amide bonds. The number of hydrazone groups is 1. The molecule has 6 heteroatoms. The molecule has 0 saturated heterocycles. The van der Waals surface area contributed by atoms with E-state index in [1.54, 1.807) is 30.5 Å². The van der Waals surface area contributed by atoms with E-state index in [2.05, 4.69) is 35.5 Å². The van der Waals surface area contributed by atoms with E-state index >= 15 is 0 Å². The zero-order chi connectivity index (χ0) is 22.3. The number of allylic oxidation sites excluding steroid dienone is 2. The summed E-state index contributed by atoms with van der Waals surface area (Å²) in [6.45, 7) is 4.90. The van der Waals surface area contributed by atoms with Gasteiger partial charge in [0.05, 0.1) is 18.1 Å². The summed E-state index contributed by atoms with van der Waals surface area (Å²) in [6, 6.07) is 16.7. The molecule has 6 rings (SSSR count). The van der Waals surface area contributed by atoms with Gasteiger partial charge in [-0.1, -0.05) is 68.5 Å². The first-order valence-electron chi connectivity index (χ1n) is 11.0. The van der Waals surface area contributed by atoms with E-state index in [0.717, 1.165) is 17.9 Å². The number of aromatic nitrogens is 2. The number of nitrogens with zero attached hydrogens (tertiary/aromatic N) is 3.